The van der Waals surface area contributed by atoms with Gasteiger partial charge < -0.3 is 19.7 Å². The molecule has 0 spiro atoms. The lowest BCUT2D eigenvalue weighted by atomic mass is 10.0. The fraction of sp³-hybridized carbons (Fsp3) is 0.379. The van der Waals surface area contributed by atoms with Gasteiger partial charge in [-0.25, -0.2) is 18.2 Å². The molecule has 9 nitrogen and oxygen atoms in total. The average molecular weight is 780 g/mol. The highest BCUT2D eigenvalue weighted by molar-refractivity contribution is 8.02. The molecule has 1 saturated heterocycles. The number of nitrogens with zero attached hydrogens (tertiary/aromatic N) is 1. The molecule has 1 aliphatic carbocycles. The standard InChI is InChI=1S/C29H24Cl3F5N2O6S2.H2O/c30-17-4-6-25(19(10-17)29(35,36)37)47(41,42)39-7-8-46-26(39)27(40)44-23(11-18-20(31)12-38-13-21(18)32)16-3-5-22(45-28(33)34)24(9-16)43-14-15-1-2-15;/h3-6,9-10,12-13,15,23,26,28H,1-2,7-8,11,14H2;1H2/t23-,26-;/m0./s1. The minimum Gasteiger partial charge on any atom is -0.870 e. The Balaban J connectivity index is 0.00000520. The third-order valence-electron chi connectivity index (χ3n) is 7.26. The Kier molecular flexibility index (Phi) is 12.4. The number of benzene rings is 2. The number of H-pyrrole nitrogens is 1. The van der Waals surface area contributed by atoms with Crippen LogP contribution in [0.1, 0.15) is 35.6 Å². The molecule has 2 fully saturated rings. The van der Waals surface area contributed by atoms with Crippen LogP contribution >= 0.6 is 46.6 Å². The van der Waals surface area contributed by atoms with E-state index in [0.29, 0.717) is 15.9 Å². The molecule has 3 aromatic rings. The number of halogens is 8. The first kappa shape index (κ1) is 38.2. The van der Waals surface area contributed by atoms with E-state index in [0.717, 1.165) is 36.7 Å². The second kappa shape index (κ2) is 15.5. The summed E-state index contributed by atoms with van der Waals surface area (Å²) >= 11 is 19.3. The molecule has 2 atom stereocenters. The zero-order valence-corrected chi connectivity index (χ0v) is 28.3. The molecule has 2 aromatic carbocycles. The number of aromatic nitrogens is 1. The lowest BCUT2D eigenvalue weighted by molar-refractivity contribution is -0.377. The van der Waals surface area contributed by atoms with Crippen molar-refractivity contribution in [3.8, 4) is 11.5 Å². The van der Waals surface area contributed by atoms with Gasteiger partial charge in [0.05, 0.1) is 17.1 Å². The SMILES string of the molecule is O=C(O[C@@H](Cc1c(Cl)c[nH+]cc1Cl)c1ccc(OC(F)F)c(OCC2CC2)c1)[C@@H]1SCCN1S(=O)(=O)c1ccc(Cl)cc1C(F)(F)F.[OH-]. The molecule has 262 valence electrons. The molecule has 0 amide bonds. The average Bonchev–Trinajstić information content (AvgIpc) is 3.68. The van der Waals surface area contributed by atoms with E-state index in [1.54, 1.807) is 0 Å². The number of nitrogens with one attached hydrogen (secondary N) is 1. The number of aromatic amines is 1. The third kappa shape index (κ3) is 8.94. The van der Waals surface area contributed by atoms with Crippen molar-refractivity contribution < 1.29 is 59.8 Å². The van der Waals surface area contributed by atoms with Crippen LogP contribution in [0.5, 0.6) is 11.5 Å². The quantitative estimate of drug-likeness (QED) is 0.139. The number of carbonyl (C=O) groups excluding carboxylic acids is 1. The van der Waals surface area contributed by atoms with Crippen molar-refractivity contribution in [1.29, 1.82) is 0 Å². The van der Waals surface area contributed by atoms with E-state index in [-0.39, 0.29) is 68.8 Å². The molecular formula is C29H26Cl3F5N2O7S2. The maximum absolute atomic E-state index is 13.8. The summed E-state index contributed by atoms with van der Waals surface area (Å²) in [5.41, 5.74) is -0.917. The molecule has 1 aromatic heterocycles. The van der Waals surface area contributed by atoms with E-state index < -0.39 is 50.7 Å². The van der Waals surface area contributed by atoms with E-state index in [4.69, 9.17) is 44.3 Å². The van der Waals surface area contributed by atoms with Crippen LogP contribution in [0.2, 0.25) is 15.1 Å². The van der Waals surface area contributed by atoms with Crippen molar-refractivity contribution in [3.05, 3.63) is 80.6 Å². The summed E-state index contributed by atoms with van der Waals surface area (Å²) in [6.45, 7) is -3.21. The van der Waals surface area contributed by atoms with E-state index >= 15 is 0 Å². The second-order valence-corrected chi connectivity index (χ2v) is 14.9. The topological polar surface area (TPSA) is 126 Å². The number of ether oxygens (including phenoxy) is 3. The van der Waals surface area contributed by atoms with Gasteiger partial charge >= 0.3 is 18.8 Å². The Hall–Kier alpha value is -2.60. The van der Waals surface area contributed by atoms with Crippen molar-refractivity contribution in [2.45, 2.75) is 48.4 Å². The van der Waals surface area contributed by atoms with Crippen LogP contribution in [0.4, 0.5) is 22.0 Å². The molecule has 2 aliphatic rings. The summed E-state index contributed by atoms with van der Waals surface area (Å²) in [5.74, 6) is -1.07. The van der Waals surface area contributed by atoms with Crippen LogP contribution in [0.25, 0.3) is 0 Å². The number of thioether (sulfide) groups is 1. The molecule has 0 unspecified atom stereocenters. The van der Waals surface area contributed by atoms with Gasteiger partial charge in [-0.15, -0.1) is 11.8 Å². The molecule has 1 saturated carbocycles. The molecule has 0 radical (unpaired) electrons. The van der Waals surface area contributed by atoms with Gasteiger partial charge in [0.2, 0.25) is 10.0 Å². The largest absolute Gasteiger partial charge is 0.870 e. The summed E-state index contributed by atoms with van der Waals surface area (Å²) in [6.07, 6.45) is -1.79. The normalized spacial score (nSPS) is 17.6. The van der Waals surface area contributed by atoms with Gasteiger partial charge in [0.15, 0.2) is 29.3 Å². The highest BCUT2D eigenvalue weighted by Crippen LogP contribution is 2.41. The Morgan fingerprint density at radius 2 is 1.73 bits per heavy atom. The third-order valence-corrected chi connectivity index (χ3v) is 11.4. The van der Waals surface area contributed by atoms with Gasteiger partial charge in [-0.1, -0.05) is 40.9 Å². The van der Waals surface area contributed by atoms with Crippen LogP contribution in [-0.4, -0.2) is 55.1 Å². The number of hydrogen-bond donors (Lipinski definition) is 0. The molecule has 19 heteroatoms. The van der Waals surface area contributed by atoms with E-state index in [1.165, 1.54) is 30.6 Å². The van der Waals surface area contributed by atoms with Crippen molar-refractivity contribution in [2.75, 3.05) is 18.9 Å². The predicted molar refractivity (Wildman–Crippen MR) is 165 cm³/mol. The minimum absolute atomic E-state index is 0. The zero-order chi connectivity index (χ0) is 34.1. The highest BCUT2D eigenvalue weighted by Gasteiger charge is 2.46. The maximum Gasteiger partial charge on any atom is 0.417 e. The zero-order valence-electron chi connectivity index (χ0n) is 24.4. The Labute approximate surface area is 290 Å². The number of alkyl halides is 5. The second-order valence-electron chi connectivity index (χ2n) is 10.6. The first-order valence-corrected chi connectivity index (χ1v) is 17.5. The van der Waals surface area contributed by atoms with Crippen molar-refractivity contribution >= 4 is 62.6 Å². The predicted octanol–water partition coefficient (Wildman–Crippen LogP) is 7.28. The highest BCUT2D eigenvalue weighted by atomic mass is 35.5. The number of sulfonamides is 1. The fourth-order valence-corrected chi connectivity index (χ4v) is 8.71. The van der Waals surface area contributed by atoms with Crippen molar-refractivity contribution in [2.24, 2.45) is 5.92 Å². The van der Waals surface area contributed by atoms with Crippen LogP contribution in [0.15, 0.2) is 53.7 Å². The van der Waals surface area contributed by atoms with E-state index in [2.05, 4.69) is 9.72 Å². The van der Waals surface area contributed by atoms with Crippen molar-refractivity contribution in [1.82, 2.24) is 4.31 Å². The first-order chi connectivity index (χ1) is 22.1. The van der Waals surface area contributed by atoms with E-state index in [1.807, 2.05) is 0 Å². The summed E-state index contributed by atoms with van der Waals surface area (Å²) in [6, 6.07) is 6.16. The molecule has 2 N–H and O–H groups in total. The lowest BCUT2D eigenvalue weighted by Gasteiger charge is -2.26. The molecular weight excluding hydrogens is 754 g/mol. The number of rotatable bonds is 12. The van der Waals surface area contributed by atoms with Crippen LogP contribution in [0, 0.1) is 5.92 Å². The van der Waals surface area contributed by atoms with Gasteiger partial charge in [0, 0.05) is 29.3 Å². The van der Waals surface area contributed by atoms with Gasteiger partial charge in [-0.2, -0.15) is 26.3 Å². The summed E-state index contributed by atoms with van der Waals surface area (Å²) in [4.78, 5) is 15.4. The Morgan fingerprint density at radius 1 is 1.04 bits per heavy atom. The summed E-state index contributed by atoms with van der Waals surface area (Å²) in [7, 11) is -4.89. The number of carbonyl (C=O) groups is 1. The monoisotopic (exact) mass is 778 g/mol. The molecule has 2 heterocycles. The Morgan fingerprint density at radius 3 is 2.35 bits per heavy atom. The van der Waals surface area contributed by atoms with Crippen LogP contribution < -0.4 is 14.5 Å². The van der Waals surface area contributed by atoms with Gasteiger partial charge in [-0.3, -0.25) is 0 Å². The minimum atomic E-state index is -5.06. The maximum atomic E-state index is 13.8. The van der Waals surface area contributed by atoms with E-state index in [9.17, 15) is 35.2 Å². The van der Waals surface area contributed by atoms with Crippen LogP contribution in [0.3, 0.4) is 0 Å². The number of pyridine rings is 1. The Bertz CT molecular complexity index is 1730. The molecule has 48 heavy (non-hydrogen) atoms. The van der Waals surface area contributed by atoms with Crippen molar-refractivity contribution in [3.63, 3.8) is 0 Å². The molecule has 0 bridgehead atoms. The van der Waals surface area contributed by atoms with Gasteiger partial charge in [-0.05, 0) is 54.7 Å². The lowest BCUT2D eigenvalue weighted by Crippen LogP contribution is -2.41. The summed E-state index contributed by atoms with van der Waals surface area (Å²) < 4.78 is 112. The fourth-order valence-electron chi connectivity index (χ4n) is 4.77. The molecule has 1 aliphatic heterocycles. The van der Waals surface area contributed by atoms with Crippen LogP contribution in [-0.2, 0) is 32.2 Å². The first-order valence-electron chi connectivity index (χ1n) is 13.9. The number of hydrogen-bond acceptors (Lipinski definition) is 8. The van der Waals surface area contributed by atoms with Gasteiger partial charge in [0.1, 0.15) is 16.1 Å². The van der Waals surface area contributed by atoms with Gasteiger partial charge in [0.25, 0.3) is 0 Å². The molecule has 5 rings (SSSR count). The smallest absolute Gasteiger partial charge is 0.417 e. The number of esters is 1. The summed E-state index contributed by atoms with van der Waals surface area (Å²) in [5, 5.41) is -1.56.